The number of imidazole rings is 1. The molecule has 1 aliphatic carbocycles. The molecule has 112 valence electrons. The van der Waals surface area contributed by atoms with Crippen LogP contribution in [0.2, 0.25) is 0 Å². The quantitative estimate of drug-likeness (QED) is 0.917. The van der Waals surface area contributed by atoms with E-state index in [1.807, 2.05) is 0 Å². The molecule has 2 aliphatic rings. The van der Waals surface area contributed by atoms with Gasteiger partial charge in [0.05, 0.1) is 11.0 Å². The molecule has 2 heterocycles. The molecule has 1 aromatic carbocycles. The maximum Gasteiger partial charge on any atom is 0.111 e. The summed E-state index contributed by atoms with van der Waals surface area (Å²) in [6.45, 7) is 4.27. The van der Waals surface area contributed by atoms with Gasteiger partial charge in [0.25, 0.3) is 0 Å². The van der Waals surface area contributed by atoms with Gasteiger partial charge in [-0.15, -0.1) is 0 Å². The fourth-order valence-electron chi connectivity index (χ4n) is 3.50. The number of aromatic nitrogens is 2. The van der Waals surface area contributed by atoms with Crippen molar-refractivity contribution in [2.24, 2.45) is 5.73 Å². The van der Waals surface area contributed by atoms with Crippen LogP contribution in [-0.4, -0.2) is 34.1 Å². The van der Waals surface area contributed by atoms with Gasteiger partial charge in [-0.3, -0.25) is 0 Å². The van der Waals surface area contributed by atoms with Gasteiger partial charge in [0.1, 0.15) is 5.82 Å². The highest BCUT2D eigenvalue weighted by Gasteiger charge is 2.28. The van der Waals surface area contributed by atoms with Crippen molar-refractivity contribution >= 4 is 11.0 Å². The molecule has 4 heteroatoms. The highest BCUT2D eigenvalue weighted by atomic mass is 15.2. The van der Waals surface area contributed by atoms with Crippen LogP contribution in [0.25, 0.3) is 11.0 Å². The van der Waals surface area contributed by atoms with E-state index < -0.39 is 0 Å². The number of hydrogen-bond donors (Lipinski definition) is 1. The molecule has 2 aromatic rings. The van der Waals surface area contributed by atoms with Crippen LogP contribution in [0.15, 0.2) is 18.2 Å². The second-order valence-electron chi connectivity index (χ2n) is 6.46. The average molecular weight is 284 g/mol. The monoisotopic (exact) mass is 284 g/mol. The lowest BCUT2D eigenvalue weighted by Crippen LogP contribution is -2.23. The number of hydrogen-bond acceptors (Lipinski definition) is 3. The number of fused-ring (bicyclic) bond motifs is 1. The van der Waals surface area contributed by atoms with E-state index in [2.05, 4.69) is 27.7 Å². The maximum atomic E-state index is 5.76. The van der Waals surface area contributed by atoms with Crippen molar-refractivity contribution in [3.8, 4) is 0 Å². The summed E-state index contributed by atoms with van der Waals surface area (Å²) in [5, 5.41) is 0. The second kappa shape index (κ2) is 5.43. The lowest BCUT2D eigenvalue weighted by atomic mass is 10.2. The highest BCUT2D eigenvalue weighted by molar-refractivity contribution is 5.77. The van der Waals surface area contributed by atoms with Crippen molar-refractivity contribution in [2.45, 2.75) is 44.7 Å². The summed E-state index contributed by atoms with van der Waals surface area (Å²) in [4.78, 5) is 7.50. The molecular formula is C17H24N4. The number of benzene rings is 1. The molecule has 0 spiro atoms. The Bertz CT molecular complexity index is 636. The number of nitrogens with zero attached hydrogens (tertiary/aromatic N) is 3. The summed E-state index contributed by atoms with van der Waals surface area (Å²) in [6.07, 6.45) is 6.41. The van der Waals surface area contributed by atoms with E-state index >= 15 is 0 Å². The van der Waals surface area contributed by atoms with Crippen LogP contribution in [-0.2, 0) is 13.0 Å². The fourth-order valence-corrected chi connectivity index (χ4v) is 3.50. The van der Waals surface area contributed by atoms with Gasteiger partial charge in [0.2, 0.25) is 0 Å². The van der Waals surface area contributed by atoms with Gasteiger partial charge in [0.15, 0.2) is 0 Å². The molecule has 4 nitrogen and oxygen atoms in total. The lowest BCUT2D eigenvalue weighted by Gasteiger charge is -2.14. The first-order valence-electron chi connectivity index (χ1n) is 8.27. The SMILES string of the molecule is NCc1ccc2c(c1)nc(CCN1CCCC1)n2C1CC1. The smallest absolute Gasteiger partial charge is 0.111 e. The number of likely N-dealkylation sites (tertiary alicyclic amines) is 1. The minimum Gasteiger partial charge on any atom is -0.326 e. The minimum absolute atomic E-state index is 0.593. The summed E-state index contributed by atoms with van der Waals surface area (Å²) in [6, 6.07) is 7.20. The second-order valence-corrected chi connectivity index (χ2v) is 6.46. The molecule has 0 atom stereocenters. The van der Waals surface area contributed by atoms with E-state index in [0.717, 1.165) is 18.5 Å². The molecule has 2 N–H and O–H groups in total. The third-order valence-electron chi connectivity index (χ3n) is 4.82. The average Bonchev–Trinajstić information content (AvgIpc) is 3.09. The third-order valence-corrected chi connectivity index (χ3v) is 4.82. The number of nitrogens with two attached hydrogens (primary N) is 1. The van der Waals surface area contributed by atoms with E-state index in [4.69, 9.17) is 10.7 Å². The molecule has 0 bridgehead atoms. The minimum atomic E-state index is 0.593. The van der Waals surface area contributed by atoms with Gasteiger partial charge < -0.3 is 15.2 Å². The Hall–Kier alpha value is -1.39. The van der Waals surface area contributed by atoms with E-state index in [-0.39, 0.29) is 0 Å². The normalized spacial score (nSPS) is 19.7. The van der Waals surface area contributed by atoms with Crippen LogP contribution in [0, 0.1) is 0 Å². The summed E-state index contributed by atoms with van der Waals surface area (Å²) in [5.41, 5.74) is 9.36. The molecular weight excluding hydrogens is 260 g/mol. The first-order valence-corrected chi connectivity index (χ1v) is 8.27. The molecule has 0 unspecified atom stereocenters. The van der Waals surface area contributed by atoms with Crippen molar-refractivity contribution in [3.63, 3.8) is 0 Å². The third kappa shape index (κ3) is 2.58. The Morgan fingerprint density at radius 3 is 2.71 bits per heavy atom. The largest absolute Gasteiger partial charge is 0.326 e. The maximum absolute atomic E-state index is 5.76. The predicted octanol–water partition coefficient (Wildman–Crippen LogP) is 2.47. The van der Waals surface area contributed by atoms with Gasteiger partial charge in [0, 0.05) is 25.6 Å². The first-order chi connectivity index (χ1) is 10.3. The summed E-state index contributed by atoms with van der Waals surface area (Å²) in [7, 11) is 0. The van der Waals surface area contributed by atoms with Crippen LogP contribution >= 0.6 is 0 Å². The van der Waals surface area contributed by atoms with Crippen LogP contribution in [0.5, 0.6) is 0 Å². The zero-order valence-corrected chi connectivity index (χ0v) is 12.6. The first kappa shape index (κ1) is 13.3. The molecule has 4 rings (SSSR count). The van der Waals surface area contributed by atoms with Crippen LogP contribution in [0.1, 0.15) is 43.1 Å². The van der Waals surface area contributed by atoms with Gasteiger partial charge in [-0.1, -0.05) is 6.07 Å². The zero-order chi connectivity index (χ0) is 14.2. The Morgan fingerprint density at radius 2 is 2.00 bits per heavy atom. The molecule has 21 heavy (non-hydrogen) atoms. The lowest BCUT2D eigenvalue weighted by molar-refractivity contribution is 0.339. The predicted molar refractivity (Wildman–Crippen MR) is 85.3 cm³/mol. The standard InChI is InChI=1S/C17H24N4/c18-12-13-3-6-16-15(11-13)19-17(21(16)14-4-5-14)7-10-20-8-1-2-9-20/h3,6,11,14H,1-2,4-5,7-10,12,18H2. The van der Waals surface area contributed by atoms with Gasteiger partial charge in [-0.25, -0.2) is 4.98 Å². The Labute approximate surface area is 125 Å². The van der Waals surface area contributed by atoms with Crippen molar-refractivity contribution in [1.29, 1.82) is 0 Å². The Morgan fingerprint density at radius 1 is 1.19 bits per heavy atom. The van der Waals surface area contributed by atoms with E-state index in [1.165, 1.54) is 55.7 Å². The van der Waals surface area contributed by atoms with Crippen molar-refractivity contribution in [1.82, 2.24) is 14.5 Å². The summed E-state index contributed by atoms with van der Waals surface area (Å²) in [5.74, 6) is 1.27. The highest BCUT2D eigenvalue weighted by Crippen LogP contribution is 2.39. The van der Waals surface area contributed by atoms with Crippen LogP contribution in [0.4, 0.5) is 0 Å². The number of rotatable bonds is 5. The van der Waals surface area contributed by atoms with Crippen molar-refractivity contribution in [3.05, 3.63) is 29.6 Å². The van der Waals surface area contributed by atoms with Gasteiger partial charge in [-0.05, 0) is 56.5 Å². The summed E-state index contributed by atoms with van der Waals surface area (Å²) >= 11 is 0. The summed E-state index contributed by atoms with van der Waals surface area (Å²) < 4.78 is 2.49. The topological polar surface area (TPSA) is 47.1 Å². The molecule has 1 saturated heterocycles. The van der Waals surface area contributed by atoms with Gasteiger partial charge >= 0.3 is 0 Å². The molecule has 1 saturated carbocycles. The molecule has 0 radical (unpaired) electrons. The molecule has 1 aromatic heterocycles. The Kier molecular flexibility index (Phi) is 3.43. The zero-order valence-electron chi connectivity index (χ0n) is 12.6. The van der Waals surface area contributed by atoms with E-state index in [1.54, 1.807) is 0 Å². The fraction of sp³-hybridized carbons (Fsp3) is 0.588. The van der Waals surface area contributed by atoms with Crippen molar-refractivity contribution < 1.29 is 0 Å². The van der Waals surface area contributed by atoms with E-state index in [9.17, 15) is 0 Å². The van der Waals surface area contributed by atoms with Gasteiger partial charge in [-0.2, -0.15) is 0 Å². The Balaban J connectivity index is 1.64. The van der Waals surface area contributed by atoms with Crippen LogP contribution in [0.3, 0.4) is 0 Å². The molecule has 2 fully saturated rings. The van der Waals surface area contributed by atoms with E-state index in [0.29, 0.717) is 12.6 Å². The molecule has 0 amide bonds. The van der Waals surface area contributed by atoms with Crippen LogP contribution < -0.4 is 5.73 Å². The molecule has 1 aliphatic heterocycles. The van der Waals surface area contributed by atoms with Crippen molar-refractivity contribution in [2.75, 3.05) is 19.6 Å².